The van der Waals surface area contributed by atoms with E-state index in [0.717, 1.165) is 42.5 Å². The maximum Gasteiger partial charge on any atom is 0.242 e. The van der Waals surface area contributed by atoms with Gasteiger partial charge in [-0.3, -0.25) is 9.59 Å². The third-order valence-electron chi connectivity index (χ3n) is 5.43. The number of aryl methyl sites for hydroxylation is 1. The minimum Gasteiger partial charge on any atom is -0.378 e. The summed E-state index contributed by atoms with van der Waals surface area (Å²) >= 11 is 0. The fourth-order valence-electron chi connectivity index (χ4n) is 3.59. The van der Waals surface area contributed by atoms with Gasteiger partial charge in [-0.15, -0.1) is 0 Å². The predicted molar refractivity (Wildman–Crippen MR) is 117 cm³/mol. The third kappa shape index (κ3) is 5.81. The quantitative estimate of drug-likeness (QED) is 0.674. The Labute approximate surface area is 178 Å². The van der Waals surface area contributed by atoms with Gasteiger partial charge < -0.3 is 19.5 Å². The van der Waals surface area contributed by atoms with Crippen molar-refractivity contribution in [1.82, 2.24) is 19.8 Å². The molecular formula is C23H34N4O3. The number of amides is 2. The van der Waals surface area contributed by atoms with Crippen molar-refractivity contribution in [2.24, 2.45) is 5.41 Å². The monoisotopic (exact) mass is 414 g/mol. The molecule has 1 aromatic carbocycles. The Morgan fingerprint density at radius 1 is 1.10 bits per heavy atom. The van der Waals surface area contributed by atoms with Crippen LogP contribution in [0.25, 0.3) is 11.0 Å². The van der Waals surface area contributed by atoms with Crippen molar-refractivity contribution in [1.29, 1.82) is 0 Å². The number of nitrogens with zero attached hydrogens (tertiary/aromatic N) is 3. The molecule has 0 radical (unpaired) electrons. The van der Waals surface area contributed by atoms with Crippen molar-refractivity contribution in [2.45, 2.75) is 53.0 Å². The molecule has 1 aromatic heterocycles. The number of morpholine rings is 1. The molecule has 1 saturated heterocycles. The summed E-state index contributed by atoms with van der Waals surface area (Å²) < 4.78 is 7.42. The highest BCUT2D eigenvalue weighted by Gasteiger charge is 2.21. The number of aromatic nitrogens is 2. The number of rotatable bonds is 8. The van der Waals surface area contributed by atoms with Gasteiger partial charge in [-0.25, -0.2) is 4.98 Å². The van der Waals surface area contributed by atoms with Crippen LogP contribution in [-0.2, 0) is 27.3 Å². The highest BCUT2D eigenvalue weighted by molar-refractivity contribution is 5.81. The van der Waals surface area contributed by atoms with E-state index in [4.69, 9.17) is 9.72 Å². The molecule has 1 fully saturated rings. The molecule has 0 aliphatic carbocycles. The van der Waals surface area contributed by atoms with E-state index in [1.54, 1.807) is 0 Å². The van der Waals surface area contributed by atoms with Gasteiger partial charge >= 0.3 is 0 Å². The fourth-order valence-corrected chi connectivity index (χ4v) is 3.59. The highest BCUT2D eigenvalue weighted by Crippen LogP contribution is 2.19. The van der Waals surface area contributed by atoms with Crippen molar-refractivity contribution in [3.05, 3.63) is 30.1 Å². The van der Waals surface area contributed by atoms with E-state index < -0.39 is 0 Å². The SMILES string of the molecule is CC(C)(C)C(=O)NCCCCCc1nc2ccccc2n1CC(=O)N1CCOCC1. The first kappa shape index (κ1) is 22.3. The first-order chi connectivity index (χ1) is 14.4. The number of hydrogen-bond acceptors (Lipinski definition) is 4. The molecule has 30 heavy (non-hydrogen) atoms. The van der Waals surface area contributed by atoms with E-state index in [-0.39, 0.29) is 17.2 Å². The van der Waals surface area contributed by atoms with Gasteiger partial charge in [0.05, 0.1) is 24.2 Å². The van der Waals surface area contributed by atoms with E-state index in [2.05, 4.69) is 9.88 Å². The largest absolute Gasteiger partial charge is 0.378 e. The summed E-state index contributed by atoms with van der Waals surface area (Å²) in [5, 5.41) is 3.00. The molecule has 3 rings (SSSR count). The minimum absolute atomic E-state index is 0.0888. The number of nitrogens with one attached hydrogen (secondary N) is 1. The van der Waals surface area contributed by atoms with Gasteiger partial charge in [0.15, 0.2) is 0 Å². The van der Waals surface area contributed by atoms with Crippen LogP contribution >= 0.6 is 0 Å². The molecular weight excluding hydrogens is 380 g/mol. The number of unbranched alkanes of at least 4 members (excludes halogenated alkanes) is 2. The van der Waals surface area contributed by atoms with Crippen molar-refractivity contribution in [3.8, 4) is 0 Å². The molecule has 0 saturated carbocycles. The van der Waals surface area contributed by atoms with Gasteiger partial charge in [0.25, 0.3) is 0 Å². The van der Waals surface area contributed by atoms with E-state index in [1.165, 1.54) is 0 Å². The maximum absolute atomic E-state index is 12.8. The summed E-state index contributed by atoms with van der Waals surface area (Å²) in [5.74, 6) is 1.16. The van der Waals surface area contributed by atoms with Gasteiger partial charge in [-0.05, 0) is 25.0 Å². The lowest BCUT2D eigenvalue weighted by Crippen LogP contribution is -2.42. The molecule has 7 heteroatoms. The van der Waals surface area contributed by atoms with Crippen LogP contribution in [0.5, 0.6) is 0 Å². The second kappa shape index (κ2) is 10.1. The fraction of sp³-hybridized carbons (Fsp3) is 0.609. The normalized spacial score (nSPS) is 14.8. The van der Waals surface area contributed by atoms with Gasteiger partial charge in [0.1, 0.15) is 12.4 Å². The number of imidazole rings is 1. The van der Waals surface area contributed by atoms with E-state index >= 15 is 0 Å². The molecule has 1 aliphatic rings. The number of carbonyl (C=O) groups excluding carboxylic acids is 2. The lowest BCUT2D eigenvalue weighted by Gasteiger charge is -2.27. The van der Waals surface area contributed by atoms with Gasteiger partial charge in [0.2, 0.25) is 11.8 Å². The molecule has 2 heterocycles. The van der Waals surface area contributed by atoms with Gasteiger partial charge in [-0.2, -0.15) is 0 Å². The lowest BCUT2D eigenvalue weighted by atomic mass is 9.96. The second-order valence-electron chi connectivity index (χ2n) is 8.91. The molecule has 2 amide bonds. The van der Waals surface area contributed by atoms with Crippen molar-refractivity contribution in [2.75, 3.05) is 32.8 Å². The van der Waals surface area contributed by atoms with Gasteiger partial charge in [0, 0.05) is 31.5 Å². The summed E-state index contributed by atoms with van der Waals surface area (Å²) in [4.78, 5) is 31.4. The Morgan fingerprint density at radius 2 is 1.83 bits per heavy atom. The third-order valence-corrected chi connectivity index (χ3v) is 5.43. The lowest BCUT2D eigenvalue weighted by molar-refractivity contribution is -0.135. The predicted octanol–water partition coefficient (Wildman–Crippen LogP) is 2.77. The molecule has 0 unspecified atom stereocenters. The molecule has 1 N–H and O–H groups in total. The number of para-hydroxylation sites is 2. The molecule has 2 aromatic rings. The minimum atomic E-state index is -0.349. The average molecular weight is 415 g/mol. The Morgan fingerprint density at radius 3 is 2.57 bits per heavy atom. The Balaban J connectivity index is 1.56. The van der Waals surface area contributed by atoms with Crippen molar-refractivity contribution < 1.29 is 14.3 Å². The first-order valence-electron chi connectivity index (χ1n) is 10.9. The van der Waals surface area contributed by atoms with Crippen LogP contribution in [0.3, 0.4) is 0 Å². The number of ether oxygens (including phenoxy) is 1. The maximum atomic E-state index is 12.8. The van der Waals surface area contributed by atoms with E-state index in [1.807, 2.05) is 49.9 Å². The van der Waals surface area contributed by atoms with Crippen LogP contribution in [0.2, 0.25) is 0 Å². The highest BCUT2D eigenvalue weighted by atomic mass is 16.5. The average Bonchev–Trinajstić information content (AvgIpc) is 3.07. The zero-order valence-electron chi connectivity index (χ0n) is 18.4. The number of benzene rings is 1. The molecule has 0 spiro atoms. The smallest absolute Gasteiger partial charge is 0.242 e. The standard InChI is InChI=1S/C23H34N4O3/c1-23(2,3)22(29)24-12-8-4-5-11-20-25-18-9-6-7-10-19(18)27(20)17-21(28)26-13-15-30-16-14-26/h6-7,9-10H,4-5,8,11-17H2,1-3H3,(H,24,29). The Hall–Kier alpha value is -2.41. The van der Waals surface area contributed by atoms with Crippen LogP contribution in [0, 0.1) is 5.41 Å². The zero-order chi connectivity index (χ0) is 21.6. The number of fused-ring (bicyclic) bond motifs is 1. The van der Waals surface area contributed by atoms with Crippen LogP contribution in [0.1, 0.15) is 45.9 Å². The van der Waals surface area contributed by atoms with Crippen molar-refractivity contribution >= 4 is 22.8 Å². The van der Waals surface area contributed by atoms with Crippen LogP contribution in [0.15, 0.2) is 24.3 Å². The van der Waals surface area contributed by atoms with Crippen molar-refractivity contribution in [3.63, 3.8) is 0 Å². The summed E-state index contributed by atoms with van der Waals surface area (Å²) in [6, 6.07) is 7.99. The Bertz CT molecular complexity index is 863. The summed E-state index contributed by atoms with van der Waals surface area (Å²) in [7, 11) is 0. The number of hydrogen-bond donors (Lipinski definition) is 1. The number of carbonyl (C=O) groups is 2. The van der Waals surface area contributed by atoms with Crippen LogP contribution in [-0.4, -0.2) is 59.1 Å². The van der Waals surface area contributed by atoms with E-state index in [0.29, 0.717) is 39.4 Å². The molecule has 0 bridgehead atoms. The van der Waals surface area contributed by atoms with Crippen LogP contribution < -0.4 is 5.32 Å². The van der Waals surface area contributed by atoms with E-state index in [9.17, 15) is 9.59 Å². The summed E-state index contributed by atoms with van der Waals surface area (Å²) in [6.45, 7) is 9.30. The second-order valence-corrected chi connectivity index (χ2v) is 8.91. The first-order valence-corrected chi connectivity index (χ1v) is 10.9. The summed E-state index contributed by atoms with van der Waals surface area (Å²) in [5.41, 5.74) is 1.59. The topological polar surface area (TPSA) is 76.5 Å². The van der Waals surface area contributed by atoms with Gasteiger partial charge in [-0.1, -0.05) is 39.3 Å². The zero-order valence-corrected chi connectivity index (χ0v) is 18.4. The summed E-state index contributed by atoms with van der Waals surface area (Å²) in [6.07, 6.45) is 3.73. The molecule has 0 atom stereocenters. The Kier molecular flexibility index (Phi) is 7.48. The molecule has 1 aliphatic heterocycles. The molecule has 7 nitrogen and oxygen atoms in total. The molecule has 164 valence electrons. The van der Waals surface area contributed by atoms with Crippen LogP contribution in [0.4, 0.5) is 0 Å².